The highest BCUT2D eigenvalue weighted by molar-refractivity contribution is 7.90. The molecule has 0 atom stereocenters. The van der Waals surface area contributed by atoms with Gasteiger partial charge in [-0.3, -0.25) is 0 Å². The molecule has 1 aromatic carbocycles. The molecule has 8 heteroatoms. The smallest absolute Gasteiger partial charge is 0.228 e. The van der Waals surface area contributed by atoms with Crippen molar-refractivity contribution >= 4 is 27.2 Å². The van der Waals surface area contributed by atoms with Gasteiger partial charge in [0, 0.05) is 18.6 Å². The molecule has 0 saturated heterocycles. The summed E-state index contributed by atoms with van der Waals surface area (Å²) in [5.41, 5.74) is 1.56. The molecular formula is C21H28N4O2S2. The molecule has 1 aliphatic carbocycles. The lowest BCUT2D eigenvalue weighted by Crippen LogP contribution is -2.43. The SMILES string of the molecule is C=CCn1c(CN(C(=S)NC(C)C)C2CC2)cnc1S(=O)(=O)Cc1ccccc1. The van der Waals surface area contributed by atoms with Crippen LogP contribution >= 0.6 is 12.2 Å². The van der Waals surface area contributed by atoms with E-state index < -0.39 is 9.84 Å². The molecule has 0 unspecified atom stereocenters. The van der Waals surface area contributed by atoms with Crippen LogP contribution in [0.1, 0.15) is 37.9 Å². The lowest BCUT2D eigenvalue weighted by atomic mass is 10.2. The molecule has 0 spiro atoms. The number of hydrogen-bond donors (Lipinski definition) is 1. The van der Waals surface area contributed by atoms with E-state index in [-0.39, 0.29) is 17.0 Å². The van der Waals surface area contributed by atoms with Crippen molar-refractivity contribution in [2.75, 3.05) is 0 Å². The molecule has 156 valence electrons. The van der Waals surface area contributed by atoms with Crippen LogP contribution in [0, 0.1) is 0 Å². The van der Waals surface area contributed by atoms with Gasteiger partial charge >= 0.3 is 0 Å². The number of sulfone groups is 1. The highest BCUT2D eigenvalue weighted by Gasteiger charge is 2.32. The van der Waals surface area contributed by atoms with Crippen LogP contribution in [0.5, 0.6) is 0 Å². The molecule has 1 heterocycles. The molecule has 0 amide bonds. The molecule has 0 bridgehead atoms. The Morgan fingerprint density at radius 2 is 2.07 bits per heavy atom. The van der Waals surface area contributed by atoms with E-state index in [1.54, 1.807) is 16.8 Å². The first-order valence-electron chi connectivity index (χ1n) is 9.81. The summed E-state index contributed by atoms with van der Waals surface area (Å²) in [7, 11) is -3.59. The number of allylic oxidation sites excluding steroid dienone is 1. The van der Waals surface area contributed by atoms with E-state index in [1.807, 2.05) is 44.2 Å². The number of nitrogens with zero attached hydrogens (tertiary/aromatic N) is 3. The summed E-state index contributed by atoms with van der Waals surface area (Å²) in [6.45, 7) is 8.78. The third-order valence-electron chi connectivity index (χ3n) is 4.68. The zero-order valence-corrected chi connectivity index (χ0v) is 18.5. The van der Waals surface area contributed by atoms with Crippen LogP contribution in [0.2, 0.25) is 0 Å². The number of thiocarbonyl (C=S) groups is 1. The topological polar surface area (TPSA) is 67.2 Å². The summed E-state index contributed by atoms with van der Waals surface area (Å²) < 4.78 is 27.8. The van der Waals surface area contributed by atoms with E-state index >= 15 is 0 Å². The third-order valence-corrected chi connectivity index (χ3v) is 6.63. The van der Waals surface area contributed by atoms with E-state index in [0.717, 1.165) is 24.1 Å². The van der Waals surface area contributed by atoms with Gasteiger partial charge in [-0.05, 0) is 44.5 Å². The molecule has 1 aromatic heterocycles. The minimum Gasteiger partial charge on any atom is -0.360 e. The second kappa shape index (κ2) is 9.09. The summed E-state index contributed by atoms with van der Waals surface area (Å²) in [4.78, 5) is 6.43. The zero-order valence-electron chi connectivity index (χ0n) is 16.9. The maximum Gasteiger partial charge on any atom is 0.228 e. The van der Waals surface area contributed by atoms with Gasteiger partial charge < -0.3 is 14.8 Å². The first kappa shape index (κ1) is 21.5. The third kappa shape index (κ3) is 5.45. The molecule has 3 rings (SSSR count). The van der Waals surface area contributed by atoms with Crippen molar-refractivity contribution in [1.82, 2.24) is 19.8 Å². The van der Waals surface area contributed by atoms with Crippen molar-refractivity contribution in [3.8, 4) is 0 Å². The minimum absolute atomic E-state index is 0.0785. The fourth-order valence-electron chi connectivity index (χ4n) is 3.21. The molecule has 29 heavy (non-hydrogen) atoms. The number of rotatable bonds is 9. The molecule has 6 nitrogen and oxygen atoms in total. The van der Waals surface area contributed by atoms with E-state index in [9.17, 15) is 8.42 Å². The molecule has 1 fully saturated rings. The molecular weight excluding hydrogens is 404 g/mol. The monoisotopic (exact) mass is 432 g/mol. The standard InChI is InChI=1S/C21H28N4O2S2/c1-4-12-24-19(14-25(18-10-11-18)20(28)23-16(2)3)13-22-21(24)29(26,27)15-17-8-6-5-7-9-17/h4-9,13,16,18H,1,10-12,14-15H2,2-3H3,(H,23,28). The Labute approximate surface area is 178 Å². The Kier molecular flexibility index (Phi) is 6.74. The zero-order chi connectivity index (χ0) is 21.0. The lowest BCUT2D eigenvalue weighted by Gasteiger charge is -2.27. The van der Waals surface area contributed by atoms with Crippen LogP contribution in [0.3, 0.4) is 0 Å². The lowest BCUT2D eigenvalue weighted by molar-refractivity contribution is 0.378. The normalized spacial score (nSPS) is 14.0. The van der Waals surface area contributed by atoms with Crippen LogP contribution in [-0.4, -0.2) is 40.1 Å². The number of benzene rings is 1. The van der Waals surface area contributed by atoms with Crippen molar-refractivity contribution in [1.29, 1.82) is 0 Å². The molecule has 0 radical (unpaired) electrons. The first-order chi connectivity index (χ1) is 13.8. The summed E-state index contributed by atoms with van der Waals surface area (Å²) in [6.07, 6.45) is 5.52. The van der Waals surface area contributed by atoms with E-state index in [2.05, 4.69) is 21.8 Å². The van der Waals surface area contributed by atoms with Gasteiger partial charge in [0.2, 0.25) is 15.0 Å². The second-order valence-electron chi connectivity index (χ2n) is 7.64. The van der Waals surface area contributed by atoms with Gasteiger partial charge in [0.25, 0.3) is 0 Å². The Hall–Kier alpha value is -2.19. The Bertz CT molecular complexity index is 964. The van der Waals surface area contributed by atoms with Gasteiger partial charge in [-0.15, -0.1) is 6.58 Å². The Balaban J connectivity index is 1.88. The minimum atomic E-state index is -3.59. The van der Waals surface area contributed by atoms with Gasteiger partial charge in [-0.25, -0.2) is 13.4 Å². The maximum absolute atomic E-state index is 13.1. The van der Waals surface area contributed by atoms with Gasteiger partial charge in [0.1, 0.15) is 0 Å². The van der Waals surface area contributed by atoms with E-state index in [0.29, 0.717) is 24.2 Å². The van der Waals surface area contributed by atoms with Crippen molar-refractivity contribution in [3.05, 3.63) is 60.4 Å². The van der Waals surface area contributed by atoms with Crippen molar-refractivity contribution in [2.24, 2.45) is 0 Å². The van der Waals surface area contributed by atoms with Crippen LogP contribution < -0.4 is 5.32 Å². The summed E-state index contributed by atoms with van der Waals surface area (Å²) in [5, 5.41) is 4.07. The molecule has 2 aromatic rings. The van der Waals surface area contributed by atoms with Gasteiger partial charge in [-0.1, -0.05) is 36.4 Å². The predicted octanol–water partition coefficient (Wildman–Crippen LogP) is 3.29. The highest BCUT2D eigenvalue weighted by atomic mass is 32.2. The highest BCUT2D eigenvalue weighted by Crippen LogP contribution is 2.29. The maximum atomic E-state index is 13.1. The Morgan fingerprint density at radius 1 is 1.38 bits per heavy atom. The molecule has 1 N–H and O–H groups in total. The number of hydrogen-bond acceptors (Lipinski definition) is 4. The number of aromatic nitrogens is 2. The number of nitrogens with one attached hydrogen (secondary N) is 1. The van der Waals surface area contributed by atoms with Gasteiger partial charge in [0.05, 0.1) is 24.2 Å². The molecule has 1 aliphatic rings. The average molecular weight is 433 g/mol. The van der Waals surface area contributed by atoms with E-state index in [1.165, 1.54) is 0 Å². The fraction of sp³-hybridized carbons (Fsp3) is 0.429. The van der Waals surface area contributed by atoms with E-state index in [4.69, 9.17) is 12.2 Å². The molecule has 1 saturated carbocycles. The fourth-order valence-corrected chi connectivity index (χ4v) is 5.16. The van der Waals surface area contributed by atoms with Crippen LogP contribution in [0.4, 0.5) is 0 Å². The average Bonchev–Trinajstić information content (AvgIpc) is 3.41. The largest absolute Gasteiger partial charge is 0.360 e. The van der Waals surface area contributed by atoms with Gasteiger partial charge in [0.15, 0.2) is 5.11 Å². The quantitative estimate of drug-likeness (QED) is 0.484. The van der Waals surface area contributed by atoms with Crippen molar-refractivity contribution in [3.63, 3.8) is 0 Å². The summed E-state index contributed by atoms with van der Waals surface area (Å²) >= 11 is 5.59. The summed E-state index contributed by atoms with van der Waals surface area (Å²) in [5.74, 6) is -0.0822. The number of imidazole rings is 1. The van der Waals surface area contributed by atoms with Crippen molar-refractivity contribution in [2.45, 2.75) is 62.8 Å². The summed E-state index contributed by atoms with van der Waals surface area (Å²) in [6, 6.07) is 9.79. The Morgan fingerprint density at radius 3 is 2.66 bits per heavy atom. The van der Waals surface area contributed by atoms with Crippen LogP contribution in [-0.2, 0) is 28.7 Å². The van der Waals surface area contributed by atoms with Crippen molar-refractivity contribution < 1.29 is 8.42 Å². The first-order valence-corrected chi connectivity index (χ1v) is 11.9. The van der Waals surface area contributed by atoms with Gasteiger partial charge in [-0.2, -0.15) is 0 Å². The predicted molar refractivity (Wildman–Crippen MR) is 119 cm³/mol. The second-order valence-corrected chi connectivity index (χ2v) is 9.91. The van der Waals surface area contributed by atoms with Crippen LogP contribution in [0.25, 0.3) is 0 Å². The van der Waals surface area contributed by atoms with Crippen LogP contribution in [0.15, 0.2) is 54.3 Å². The molecule has 0 aliphatic heterocycles.